The highest BCUT2D eigenvalue weighted by molar-refractivity contribution is 5.78. The van der Waals surface area contributed by atoms with Crippen molar-refractivity contribution in [3.63, 3.8) is 0 Å². The van der Waals surface area contributed by atoms with Gasteiger partial charge in [0.05, 0.1) is 11.0 Å². The minimum atomic E-state index is 0.144. The molecule has 0 saturated carbocycles. The van der Waals surface area contributed by atoms with Gasteiger partial charge in [-0.25, -0.2) is 4.98 Å². The monoisotopic (exact) mass is 337 g/mol. The number of hydrogen-bond acceptors (Lipinski definition) is 3. The highest BCUT2D eigenvalue weighted by Gasteiger charge is 2.26. The van der Waals surface area contributed by atoms with Gasteiger partial charge in [-0.05, 0) is 44.4 Å². The number of aromatic amines is 1. The lowest BCUT2D eigenvalue weighted by Gasteiger charge is -2.31. The molecule has 4 rings (SSSR count). The van der Waals surface area contributed by atoms with E-state index >= 15 is 0 Å². The van der Waals surface area contributed by atoms with Crippen molar-refractivity contribution < 1.29 is 4.79 Å². The van der Waals surface area contributed by atoms with Crippen LogP contribution in [0.3, 0.4) is 0 Å². The zero-order chi connectivity index (χ0) is 17.4. The highest BCUT2D eigenvalue weighted by atomic mass is 16.2. The molecule has 1 aliphatic heterocycles. The molecule has 1 aliphatic rings. The third-order valence-electron chi connectivity index (χ3n) is 5.18. The number of rotatable bonds is 3. The second-order valence-corrected chi connectivity index (χ2v) is 6.88. The topological polar surface area (TPSA) is 66.8 Å². The Labute approximate surface area is 146 Å². The van der Waals surface area contributed by atoms with Gasteiger partial charge >= 0.3 is 0 Å². The average molecular weight is 337 g/mol. The van der Waals surface area contributed by atoms with Crippen molar-refractivity contribution in [2.75, 3.05) is 13.1 Å². The van der Waals surface area contributed by atoms with Crippen LogP contribution in [0.5, 0.6) is 0 Å². The van der Waals surface area contributed by atoms with Gasteiger partial charge in [0.15, 0.2) is 0 Å². The van der Waals surface area contributed by atoms with Gasteiger partial charge in [-0.15, -0.1) is 0 Å². The van der Waals surface area contributed by atoms with Crippen molar-refractivity contribution in [1.82, 2.24) is 24.6 Å². The summed E-state index contributed by atoms with van der Waals surface area (Å²) in [7, 11) is 0. The van der Waals surface area contributed by atoms with Crippen molar-refractivity contribution >= 4 is 16.9 Å². The van der Waals surface area contributed by atoms with Crippen LogP contribution in [0.15, 0.2) is 30.5 Å². The molecule has 0 bridgehead atoms. The highest BCUT2D eigenvalue weighted by Crippen LogP contribution is 2.28. The number of hydrogen-bond donors (Lipinski definition) is 1. The van der Waals surface area contributed by atoms with Crippen LogP contribution in [0.25, 0.3) is 11.0 Å². The zero-order valence-corrected chi connectivity index (χ0v) is 14.7. The quantitative estimate of drug-likeness (QED) is 0.799. The maximum Gasteiger partial charge on any atom is 0.244 e. The summed E-state index contributed by atoms with van der Waals surface area (Å²) >= 11 is 0. The third kappa shape index (κ3) is 3.04. The first-order valence-corrected chi connectivity index (χ1v) is 8.83. The summed E-state index contributed by atoms with van der Waals surface area (Å²) in [6, 6.07) is 8.14. The fourth-order valence-electron chi connectivity index (χ4n) is 3.58. The van der Waals surface area contributed by atoms with Crippen LogP contribution in [0, 0.1) is 13.8 Å². The number of aromatic nitrogens is 4. The van der Waals surface area contributed by atoms with Crippen molar-refractivity contribution in [2.24, 2.45) is 0 Å². The first-order valence-electron chi connectivity index (χ1n) is 8.83. The van der Waals surface area contributed by atoms with Crippen molar-refractivity contribution in [1.29, 1.82) is 0 Å². The molecule has 25 heavy (non-hydrogen) atoms. The number of carbonyl (C=O) groups excluding carboxylic acids is 1. The number of aryl methyl sites for hydroxylation is 2. The Morgan fingerprint density at radius 1 is 1.24 bits per heavy atom. The molecule has 1 fully saturated rings. The van der Waals surface area contributed by atoms with Crippen LogP contribution < -0.4 is 0 Å². The van der Waals surface area contributed by atoms with Gasteiger partial charge in [0.2, 0.25) is 5.91 Å². The summed E-state index contributed by atoms with van der Waals surface area (Å²) in [5, 5.41) is 4.20. The van der Waals surface area contributed by atoms with Gasteiger partial charge in [0.25, 0.3) is 0 Å². The summed E-state index contributed by atoms with van der Waals surface area (Å²) in [4.78, 5) is 22.7. The smallest absolute Gasteiger partial charge is 0.244 e. The number of fused-ring (bicyclic) bond motifs is 1. The van der Waals surface area contributed by atoms with E-state index in [1.54, 1.807) is 10.9 Å². The Morgan fingerprint density at radius 2 is 2.04 bits per heavy atom. The van der Waals surface area contributed by atoms with Crippen LogP contribution in [-0.4, -0.2) is 43.6 Å². The van der Waals surface area contributed by atoms with Gasteiger partial charge in [0, 0.05) is 30.9 Å². The lowest BCUT2D eigenvalue weighted by atomic mass is 9.96. The zero-order valence-electron chi connectivity index (χ0n) is 14.7. The summed E-state index contributed by atoms with van der Waals surface area (Å²) in [6.07, 6.45) is 3.63. The number of H-pyrrole nitrogens is 1. The van der Waals surface area contributed by atoms with Gasteiger partial charge in [0.1, 0.15) is 12.4 Å². The first-order chi connectivity index (χ1) is 12.1. The van der Waals surface area contributed by atoms with E-state index in [9.17, 15) is 4.79 Å². The predicted molar refractivity (Wildman–Crippen MR) is 96.3 cm³/mol. The standard InChI is InChI=1S/C19H23N5O/c1-13-4-3-5-16-18(13)22-19(21-16)15-7-10-23(11-8-15)17(25)12-24-14(2)6-9-20-24/h3-6,9,15H,7-8,10-12H2,1-2H3,(H,21,22). The molecule has 6 nitrogen and oxygen atoms in total. The number of imidazole rings is 1. The van der Waals surface area contributed by atoms with Crippen LogP contribution >= 0.6 is 0 Å². The normalized spacial score (nSPS) is 15.8. The SMILES string of the molecule is Cc1cccc2[nH]c(C3CCN(C(=O)Cn4nccc4C)CC3)nc12. The van der Waals surface area contributed by atoms with Gasteiger partial charge in [-0.1, -0.05) is 12.1 Å². The third-order valence-corrected chi connectivity index (χ3v) is 5.18. The van der Waals surface area contributed by atoms with Crippen molar-refractivity contribution in [3.8, 4) is 0 Å². The Morgan fingerprint density at radius 3 is 2.72 bits per heavy atom. The molecule has 0 atom stereocenters. The second kappa shape index (κ2) is 6.35. The fraction of sp³-hybridized carbons (Fsp3) is 0.421. The molecule has 3 heterocycles. The van der Waals surface area contributed by atoms with Gasteiger partial charge in [-0.3, -0.25) is 9.48 Å². The molecular weight excluding hydrogens is 314 g/mol. The van der Waals surface area contributed by atoms with E-state index < -0.39 is 0 Å². The molecule has 1 N–H and O–H groups in total. The Kier molecular flexibility index (Phi) is 4.03. The lowest BCUT2D eigenvalue weighted by molar-refractivity contribution is -0.133. The first kappa shape index (κ1) is 15.9. The Hall–Kier alpha value is -2.63. The van der Waals surface area contributed by atoms with E-state index in [1.165, 1.54) is 5.56 Å². The van der Waals surface area contributed by atoms with E-state index in [4.69, 9.17) is 4.98 Å². The number of benzene rings is 1. The van der Waals surface area contributed by atoms with Gasteiger partial charge in [-0.2, -0.15) is 5.10 Å². The van der Waals surface area contributed by atoms with Gasteiger partial charge < -0.3 is 9.88 Å². The van der Waals surface area contributed by atoms with Crippen LogP contribution in [0.2, 0.25) is 0 Å². The second-order valence-electron chi connectivity index (χ2n) is 6.88. The molecule has 0 unspecified atom stereocenters. The van der Waals surface area contributed by atoms with Crippen molar-refractivity contribution in [2.45, 2.75) is 39.2 Å². The molecule has 6 heteroatoms. The minimum Gasteiger partial charge on any atom is -0.342 e. The lowest BCUT2D eigenvalue weighted by Crippen LogP contribution is -2.40. The van der Waals surface area contributed by atoms with Crippen molar-refractivity contribution in [3.05, 3.63) is 47.5 Å². The average Bonchev–Trinajstić information content (AvgIpc) is 3.23. The Balaban J connectivity index is 1.41. The summed E-state index contributed by atoms with van der Waals surface area (Å²) in [5.41, 5.74) is 4.37. The summed E-state index contributed by atoms with van der Waals surface area (Å²) in [5.74, 6) is 1.59. The molecule has 130 valence electrons. The number of carbonyl (C=O) groups is 1. The van der Waals surface area contributed by atoms with E-state index in [2.05, 4.69) is 35.2 Å². The molecule has 0 aliphatic carbocycles. The molecule has 1 aromatic carbocycles. The van der Waals surface area contributed by atoms with Crippen LogP contribution in [0.1, 0.15) is 35.8 Å². The van der Waals surface area contributed by atoms with Crippen LogP contribution in [-0.2, 0) is 11.3 Å². The van der Waals surface area contributed by atoms with E-state index in [0.29, 0.717) is 12.5 Å². The molecule has 1 amide bonds. The number of amides is 1. The van der Waals surface area contributed by atoms with E-state index in [-0.39, 0.29) is 5.91 Å². The maximum atomic E-state index is 12.5. The van der Waals surface area contributed by atoms with Crippen LogP contribution in [0.4, 0.5) is 0 Å². The summed E-state index contributed by atoms with van der Waals surface area (Å²) < 4.78 is 1.76. The number of nitrogens with zero attached hydrogens (tertiary/aromatic N) is 4. The maximum absolute atomic E-state index is 12.5. The molecular formula is C19H23N5O. The molecule has 2 aromatic heterocycles. The van der Waals surface area contributed by atoms with E-state index in [1.807, 2.05) is 17.9 Å². The minimum absolute atomic E-state index is 0.144. The number of piperidine rings is 1. The molecule has 0 radical (unpaired) electrons. The number of nitrogens with one attached hydrogen (secondary N) is 1. The Bertz CT molecular complexity index is 902. The molecule has 3 aromatic rings. The largest absolute Gasteiger partial charge is 0.342 e. The molecule has 0 spiro atoms. The fourth-order valence-corrected chi connectivity index (χ4v) is 3.58. The predicted octanol–water partition coefficient (Wildman–Crippen LogP) is 2.78. The summed E-state index contributed by atoms with van der Waals surface area (Å²) in [6.45, 7) is 5.94. The number of para-hydroxylation sites is 1. The van der Waals surface area contributed by atoms with E-state index in [0.717, 1.165) is 48.5 Å². The molecule has 1 saturated heterocycles. The number of likely N-dealkylation sites (tertiary alicyclic amines) is 1.